The monoisotopic (exact) mass is 283 g/mol. The highest BCUT2D eigenvalue weighted by molar-refractivity contribution is 6.29. The molecule has 1 aliphatic carbocycles. The Bertz CT molecular complexity index is 450. The first-order chi connectivity index (χ1) is 9.19. The number of carbonyl (C=O) groups is 1. The lowest BCUT2D eigenvalue weighted by atomic mass is 10.3. The van der Waals surface area contributed by atoms with E-state index in [1.807, 2.05) is 0 Å². The Labute approximate surface area is 117 Å². The number of halogens is 1. The molecule has 5 nitrogen and oxygen atoms in total. The summed E-state index contributed by atoms with van der Waals surface area (Å²) in [5, 5.41) is 3.63. The van der Waals surface area contributed by atoms with Crippen LogP contribution in [0.5, 0.6) is 0 Å². The van der Waals surface area contributed by atoms with Crippen molar-refractivity contribution in [2.75, 3.05) is 18.5 Å². The average Bonchev–Trinajstić information content (AvgIpc) is 3.18. The summed E-state index contributed by atoms with van der Waals surface area (Å²) in [5.74, 6) is 1.86. The average molecular weight is 284 g/mol. The molecule has 1 aromatic rings. The zero-order valence-corrected chi connectivity index (χ0v) is 11.7. The zero-order valence-electron chi connectivity index (χ0n) is 11.0. The Balaban J connectivity index is 1.77. The highest BCUT2D eigenvalue weighted by atomic mass is 35.5. The zero-order chi connectivity index (χ0) is 13.7. The van der Waals surface area contributed by atoms with E-state index in [-0.39, 0.29) is 5.97 Å². The molecule has 19 heavy (non-hydrogen) atoms. The molecule has 0 spiro atoms. The molecule has 1 fully saturated rings. The molecule has 1 aliphatic rings. The third-order valence-electron chi connectivity index (χ3n) is 2.82. The largest absolute Gasteiger partial charge is 0.466 e. The summed E-state index contributed by atoms with van der Waals surface area (Å²) < 4.78 is 4.86. The van der Waals surface area contributed by atoms with Crippen molar-refractivity contribution in [1.29, 1.82) is 0 Å². The number of nitrogens with zero attached hydrogens (tertiary/aromatic N) is 2. The van der Waals surface area contributed by atoms with Crippen LogP contribution in [0.25, 0.3) is 0 Å². The van der Waals surface area contributed by atoms with Crippen LogP contribution >= 0.6 is 11.6 Å². The molecule has 6 heteroatoms. The van der Waals surface area contributed by atoms with Gasteiger partial charge >= 0.3 is 5.97 Å². The van der Waals surface area contributed by atoms with Crippen molar-refractivity contribution in [3.05, 3.63) is 17.0 Å². The van der Waals surface area contributed by atoms with Crippen LogP contribution in [0.15, 0.2) is 6.07 Å². The maximum absolute atomic E-state index is 11.2. The molecule has 104 valence electrons. The van der Waals surface area contributed by atoms with Gasteiger partial charge in [0.05, 0.1) is 6.61 Å². The van der Waals surface area contributed by atoms with Crippen molar-refractivity contribution < 1.29 is 9.53 Å². The summed E-state index contributed by atoms with van der Waals surface area (Å²) in [6, 6.07) is 1.71. The van der Waals surface area contributed by atoms with Gasteiger partial charge in [0, 0.05) is 24.9 Å². The fourth-order valence-corrected chi connectivity index (χ4v) is 1.92. The predicted molar refractivity (Wildman–Crippen MR) is 73.4 cm³/mol. The second kappa shape index (κ2) is 6.70. The molecular weight excluding hydrogens is 266 g/mol. The van der Waals surface area contributed by atoms with E-state index in [0.717, 1.165) is 24.5 Å². The molecule has 0 atom stereocenters. The van der Waals surface area contributed by atoms with Crippen LogP contribution in [0.4, 0.5) is 5.82 Å². The Hall–Kier alpha value is -1.36. The van der Waals surface area contributed by atoms with Crippen molar-refractivity contribution in [2.45, 2.75) is 38.5 Å². The van der Waals surface area contributed by atoms with Gasteiger partial charge < -0.3 is 10.1 Å². The van der Waals surface area contributed by atoms with Crippen molar-refractivity contribution in [1.82, 2.24) is 9.97 Å². The molecule has 1 aromatic heterocycles. The van der Waals surface area contributed by atoms with Gasteiger partial charge in [0.2, 0.25) is 0 Å². The quantitative estimate of drug-likeness (QED) is 0.473. The van der Waals surface area contributed by atoms with Crippen LogP contribution in [0.1, 0.15) is 44.3 Å². The molecule has 0 unspecified atom stereocenters. The number of anilines is 1. The van der Waals surface area contributed by atoms with Crippen LogP contribution in [0.2, 0.25) is 5.15 Å². The van der Waals surface area contributed by atoms with Gasteiger partial charge in [-0.15, -0.1) is 0 Å². The first-order valence-electron chi connectivity index (χ1n) is 6.63. The van der Waals surface area contributed by atoms with Crippen LogP contribution in [-0.2, 0) is 9.53 Å². The van der Waals surface area contributed by atoms with Crippen molar-refractivity contribution in [3.8, 4) is 0 Å². The third kappa shape index (κ3) is 4.67. The lowest BCUT2D eigenvalue weighted by Crippen LogP contribution is -2.09. The minimum atomic E-state index is -0.163. The number of aromatic nitrogens is 2. The number of esters is 1. The van der Waals surface area contributed by atoms with Gasteiger partial charge in [-0.25, -0.2) is 9.97 Å². The van der Waals surface area contributed by atoms with Gasteiger partial charge in [-0.05, 0) is 26.2 Å². The summed E-state index contributed by atoms with van der Waals surface area (Å²) in [7, 11) is 0. The Kier molecular flexibility index (Phi) is 4.96. The first-order valence-corrected chi connectivity index (χ1v) is 7.01. The van der Waals surface area contributed by atoms with Gasteiger partial charge in [-0.3, -0.25) is 4.79 Å². The van der Waals surface area contributed by atoms with Crippen LogP contribution in [0.3, 0.4) is 0 Å². The summed E-state index contributed by atoms with van der Waals surface area (Å²) >= 11 is 5.96. The van der Waals surface area contributed by atoms with E-state index in [0.29, 0.717) is 37.1 Å². The predicted octanol–water partition coefficient (Wildman–Crippen LogP) is 2.76. The standard InChI is InChI=1S/C13H18ClN3O2/c1-2-19-12(18)4-3-7-15-11-8-10(14)16-13(17-11)9-5-6-9/h8-9H,2-7H2,1H3,(H,15,16,17). The number of rotatable bonds is 7. The highest BCUT2D eigenvalue weighted by Gasteiger charge is 2.27. The molecule has 0 radical (unpaired) electrons. The number of nitrogens with one attached hydrogen (secondary N) is 1. The lowest BCUT2D eigenvalue weighted by molar-refractivity contribution is -0.143. The molecule has 0 amide bonds. The number of carbonyl (C=O) groups excluding carboxylic acids is 1. The summed E-state index contributed by atoms with van der Waals surface area (Å²) in [5.41, 5.74) is 0. The van der Waals surface area contributed by atoms with E-state index in [9.17, 15) is 4.79 Å². The van der Waals surface area contributed by atoms with Crippen LogP contribution in [-0.4, -0.2) is 29.1 Å². The van der Waals surface area contributed by atoms with Crippen LogP contribution in [0, 0.1) is 0 Å². The Morgan fingerprint density at radius 1 is 1.53 bits per heavy atom. The normalized spacial score (nSPS) is 14.2. The number of ether oxygens (including phenoxy) is 1. The summed E-state index contributed by atoms with van der Waals surface area (Å²) in [4.78, 5) is 19.8. The van der Waals surface area contributed by atoms with E-state index in [1.54, 1.807) is 13.0 Å². The van der Waals surface area contributed by atoms with Crippen LogP contribution < -0.4 is 5.32 Å². The first kappa shape index (κ1) is 14.1. The maximum Gasteiger partial charge on any atom is 0.305 e. The topological polar surface area (TPSA) is 64.1 Å². The van der Waals surface area contributed by atoms with E-state index >= 15 is 0 Å². The van der Waals surface area contributed by atoms with Crippen molar-refractivity contribution in [3.63, 3.8) is 0 Å². The number of hydrogen-bond donors (Lipinski definition) is 1. The summed E-state index contributed by atoms with van der Waals surface area (Å²) in [6.45, 7) is 2.90. The van der Waals surface area contributed by atoms with Crippen molar-refractivity contribution in [2.24, 2.45) is 0 Å². The smallest absolute Gasteiger partial charge is 0.305 e. The molecule has 1 heterocycles. The molecule has 0 saturated heterocycles. The van der Waals surface area contributed by atoms with Gasteiger partial charge in [-0.2, -0.15) is 0 Å². The molecule has 0 bridgehead atoms. The molecule has 2 rings (SSSR count). The molecular formula is C13H18ClN3O2. The van der Waals surface area contributed by atoms with Gasteiger partial charge in [0.1, 0.15) is 16.8 Å². The van der Waals surface area contributed by atoms with Gasteiger partial charge in [0.25, 0.3) is 0 Å². The fourth-order valence-electron chi connectivity index (χ4n) is 1.73. The summed E-state index contributed by atoms with van der Waals surface area (Å²) in [6.07, 6.45) is 3.40. The maximum atomic E-state index is 11.2. The Morgan fingerprint density at radius 2 is 2.32 bits per heavy atom. The van der Waals surface area contributed by atoms with Crippen molar-refractivity contribution >= 4 is 23.4 Å². The highest BCUT2D eigenvalue weighted by Crippen LogP contribution is 2.38. The molecule has 0 aromatic carbocycles. The molecule has 0 aliphatic heterocycles. The Morgan fingerprint density at radius 3 is 3.00 bits per heavy atom. The minimum absolute atomic E-state index is 0.163. The number of hydrogen-bond acceptors (Lipinski definition) is 5. The van der Waals surface area contributed by atoms with E-state index in [2.05, 4.69) is 15.3 Å². The fraction of sp³-hybridized carbons (Fsp3) is 0.615. The SMILES string of the molecule is CCOC(=O)CCCNc1cc(Cl)nc(C2CC2)n1. The van der Waals surface area contributed by atoms with E-state index in [4.69, 9.17) is 16.3 Å². The van der Waals surface area contributed by atoms with E-state index in [1.165, 1.54) is 0 Å². The molecule has 1 N–H and O–H groups in total. The third-order valence-corrected chi connectivity index (χ3v) is 3.02. The minimum Gasteiger partial charge on any atom is -0.466 e. The second-order valence-corrected chi connectivity index (χ2v) is 4.93. The molecule has 1 saturated carbocycles. The van der Waals surface area contributed by atoms with Gasteiger partial charge in [-0.1, -0.05) is 11.6 Å². The van der Waals surface area contributed by atoms with Gasteiger partial charge in [0.15, 0.2) is 0 Å². The van der Waals surface area contributed by atoms with E-state index < -0.39 is 0 Å². The lowest BCUT2D eigenvalue weighted by Gasteiger charge is -2.07. The second-order valence-electron chi connectivity index (χ2n) is 4.54.